The number of carbonyl (C=O) groups is 1. The average Bonchev–Trinajstić information content (AvgIpc) is 2.89. The Morgan fingerprint density at radius 1 is 1.33 bits per heavy atom. The third-order valence-corrected chi connectivity index (χ3v) is 4.19. The van der Waals surface area contributed by atoms with Crippen LogP contribution in [0.25, 0.3) is 12.2 Å². The van der Waals surface area contributed by atoms with Crippen molar-refractivity contribution in [2.24, 2.45) is 19.5 Å². The smallest absolute Gasteiger partial charge is 0.268 e. The van der Waals surface area contributed by atoms with Crippen molar-refractivity contribution in [3.63, 3.8) is 0 Å². The van der Waals surface area contributed by atoms with Crippen LogP contribution in [-0.2, 0) is 18.9 Å². The molecule has 2 heterocycles. The predicted molar refractivity (Wildman–Crippen MR) is 84.5 cm³/mol. The van der Waals surface area contributed by atoms with Gasteiger partial charge in [0.2, 0.25) is 0 Å². The fraction of sp³-hybridized carbons (Fsp3) is 0.400. The van der Waals surface area contributed by atoms with Gasteiger partial charge in [0.15, 0.2) is 5.78 Å². The molecule has 0 aromatic carbocycles. The van der Waals surface area contributed by atoms with E-state index < -0.39 is 5.41 Å². The molecular formula is C15H19N3O2S. The van der Waals surface area contributed by atoms with Crippen LogP contribution in [0.2, 0.25) is 0 Å². The Kier molecular flexibility index (Phi) is 4.00. The molecule has 0 saturated carbocycles. The zero-order valence-corrected chi connectivity index (χ0v) is 13.7. The third-order valence-electron chi connectivity index (χ3n) is 3.08. The molecule has 0 aliphatic heterocycles. The Morgan fingerprint density at radius 2 is 2.00 bits per heavy atom. The second-order valence-electron chi connectivity index (χ2n) is 6.02. The first-order chi connectivity index (χ1) is 9.68. The lowest BCUT2D eigenvalue weighted by Crippen LogP contribution is -2.29. The molecular weight excluding hydrogens is 286 g/mol. The Labute approximate surface area is 126 Å². The van der Waals surface area contributed by atoms with Crippen LogP contribution in [0.3, 0.4) is 0 Å². The van der Waals surface area contributed by atoms with Crippen LogP contribution in [0, 0.1) is 5.41 Å². The predicted octanol–water partition coefficient (Wildman–Crippen LogP) is 0.405. The second kappa shape index (κ2) is 5.44. The van der Waals surface area contributed by atoms with Crippen molar-refractivity contribution >= 4 is 29.3 Å². The number of ketones is 1. The summed E-state index contributed by atoms with van der Waals surface area (Å²) in [6.45, 7) is 5.58. The van der Waals surface area contributed by atoms with Gasteiger partial charge in [0.1, 0.15) is 4.66 Å². The van der Waals surface area contributed by atoms with Gasteiger partial charge in [0.05, 0.1) is 10.7 Å². The maximum atomic E-state index is 12.2. The zero-order chi connectivity index (χ0) is 15.8. The van der Waals surface area contributed by atoms with Gasteiger partial charge in [-0.1, -0.05) is 20.8 Å². The molecule has 0 N–H and O–H groups in total. The molecule has 2 aromatic heterocycles. The summed E-state index contributed by atoms with van der Waals surface area (Å²) in [6, 6.07) is 0. The molecule has 0 spiro atoms. The minimum Gasteiger partial charge on any atom is -0.302 e. The number of hydrogen-bond acceptors (Lipinski definition) is 4. The van der Waals surface area contributed by atoms with E-state index in [1.807, 2.05) is 34.0 Å². The molecule has 2 rings (SSSR count). The molecule has 0 saturated heterocycles. The van der Waals surface area contributed by atoms with Crippen molar-refractivity contribution in [1.29, 1.82) is 0 Å². The summed E-state index contributed by atoms with van der Waals surface area (Å²) in [6.07, 6.45) is 6.87. The van der Waals surface area contributed by atoms with Crippen LogP contribution in [0.5, 0.6) is 0 Å². The molecule has 112 valence electrons. The number of aryl methyl sites for hydroxylation is 1. The SMILES string of the molecule is Cn1cc(/C=c2/s/c(=C/C(=O)C(C)(C)C)n(C)c2=O)cn1. The molecule has 0 fully saturated rings. The number of thiazole rings is 1. The molecule has 21 heavy (non-hydrogen) atoms. The summed E-state index contributed by atoms with van der Waals surface area (Å²) >= 11 is 1.32. The number of Topliss-reactive ketones (excluding diaryl/α,β-unsaturated/α-hetero) is 1. The molecule has 5 nitrogen and oxygen atoms in total. The monoisotopic (exact) mass is 305 g/mol. The van der Waals surface area contributed by atoms with Crippen molar-refractivity contribution in [3.8, 4) is 0 Å². The summed E-state index contributed by atoms with van der Waals surface area (Å²) in [7, 11) is 3.51. The largest absolute Gasteiger partial charge is 0.302 e. The number of aromatic nitrogens is 3. The van der Waals surface area contributed by atoms with Gasteiger partial charge in [-0.2, -0.15) is 5.10 Å². The number of nitrogens with zero attached hydrogens (tertiary/aromatic N) is 3. The summed E-state index contributed by atoms with van der Waals surface area (Å²) < 4.78 is 4.45. The van der Waals surface area contributed by atoms with Crippen molar-refractivity contribution in [2.75, 3.05) is 0 Å². The topological polar surface area (TPSA) is 56.9 Å². The van der Waals surface area contributed by atoms with Gasteiger partial charge in [0, 0.05) is 37.3 Å². The Morgan fingerprint density at radius 3 is 2.52 bits per heavy atom. The summed E-state index contributed by atoms with van der Waals surface area (Å²) in [5, 5.41) is 4.07. The number of carbonyl (C=O) groups excluding carboxylic acids is 1. The highest BCUT2D eigenvalue weighted by molar-refractivity contribution is 7.07. The lowest BCUT2D eigenvalue weighted by atomic mass is 9.91. The third kappa shape index (κ3) is 3.39. The lowest BCUT2D eigenvalue weighted by molar-refractivity contribution is -0.120. The van der Waals surface area contributed by atoms with Crippen LogP contribution < -0.4 is 14.8 Å². The maximum absolute atomic E-state index is 12.2. The quantitative estimate of drug-likeness (QED) is 0.807. The number of hydrogen-bond donors (Lipinski definition) is 0. The summed E-state index contributed by atoms with van der Waals surface area (Å²) in [5.74, 6) is 0.00674. The Balaban J connectivity index is 2.57. The highest BCUT2D eigenvalue weighted by Gasteiger charge is 2.19. The van der Waals surface area contributed by atoms with E-state index in [4.69, 9.17) is 0 Å². The van der Waals surface area contributed by atoms with E-state index in [9.17, 15) is 9.59 Å². The molecule has 0 unspecified atom stereocenters. The Hall–Kier alpha value is -1.95. The molecule has 2 aromatic rings. The minimum absolute atomic E-state index is 0.00674. The van der Waals surface area contributed by atoms with Crippen molar-refractivity contribution in [1.82, 2.24) is 14.3 Å². The highest BCUT2D eigenvalue weighted by atomic mass is 32.1. The first kappa shape index (κ1) is 15.4. The van der Waals surface area contributed by atoms with Gasteiger partial charge in [-0.15, -0.1) is 11.3 Å². The molecule has 0 amide bonds. The van der Waals surface area contributed by atoms with Gasteiger partial charge in [-0.25, -0.2) is 0 Å². The fourth-order valence-electron chi connectivity index (χ4n) is 1.70. The molecule has 0 radical (unpaired) electrons. The molecule has 0 aliphatic carbocycles. The summed E-state index contributed by atoms with van der Waals surface area (Å²) in [5.41, 5.74) is 0.315. The molecule has 6 heteroatoms. The van der Waals surface area contributed by atoms with E-state index in [1.54, 1.807) is 30.1 Å². The molecule has 0 bridgehead atoms. The average molecular weight is 305 g/mol. The van der Waals surface area contributed by atoms with Gasteiger partial charge in [0.25, 0.3) is 5.56 Å². The van der Waals surface area contributed by atoms with Crippen LogP contribution in [0.4, 0.5) is 0 Å². The van der Waals surface area contributed by atoms with E-state index in [-0.39, 0.29) is 11.3 Å². The Bertz CT molecular complexity index is 847. The lowest BCUT2D eigenvalue weighted by Gasteiger charge is -2.12. The molecule has 0 aliphatic rings. The minimum atomic E-state index is -0.451. The zero-order valence-electron chi connectivity index (χ0n) is 12.9. The van der Waals surface area contributed by atoms with Gasteiger partial charge < -0.3 is 4.57 Å². The van der Waals surface area contributed by atoms with E-state index in [0.29, 0.717) is 9.20 Å². The van der Waals surface area contributed by atoms with E-state index in [2.05, 4.69) is 5.10 Å². The van der Waals surface area contributed by atoms with Crippen LogP contribution >= 0.6 is 11.3 Å². The van der Waals surface area contributed by atoms with E-state index in [0.717, 1.165) is 5.56 Å². The van der Waals surface area contributed by atoms with Crippen LogP contribution in [-0.4, -0.2) is 20.1 Å². The van der Waals surface area contributed by atoms with E-state index >= 15 is 0 Å². The number of rotatable bonds is 2. The maximum Gasteiger partial charge on any atom is 0.268 e. The second-order valence-corrected chi connectivity index (χ2v) is 7.08. The fourth-order valence-corrected chi connectivity index (χ4v) is 2.73. The molecule has 0 atom stereocenters. The van der Waals surface area contributed by atoms with E-state index in [1.165, 1.54) is 15.9 Å². The van der Waals surface area contributed by atoms with Gasteiger partial charge in [-0.3, -0.25) is 14.3 Å². The standard InChI is InChI=1S/C15H19N3O2S/c1-15(2,3)12(19)7-13-18(5)14(20)11(21-13)6-10-8-16-17(4)9-10/h6-9H,1-5H3/b11-6+,13-7+. The van der Waals surface area contributed by atoms with Crippen molar-refractivity contribution in [3.05, 3.63) is 37.5 Å². The van der Waals surface area contributed by atoms with Crippen molar-refractivity contribution < 1.29 is 4.79 Å². The van der Waals surface area contributed by atoms with Crippen LogP contribution in [0.15, 0.2) is 17.2 Å². The van der Waals surface area contributed by atoms with Crippen molar-refractivity contribution in [2.45, 2.75) is 20.8 Å². The first-order valence-electron chi connectivity index (χ1n) is 6.61. The first-order valence-corrected chi connectivity index (χ1v) is 7.42. The highest BCUT2D eigenvalue weighted by Crippen LogP contribution is 2.14. The summed E-state index contributed by atoms with van der Waals surface area (Å²) in [4.78, 5) is 24.3. The van der Waals surface area contributed by atoms with Gasteiger partial charge >= 0.3 is 0 Å². The normalized spacial score (nSPS) is 14.0. The van der Waals surface area contributed by atoms with Gasteiger partial charge in [-0.05, 0) is 6.08 Å². The van der Waals surface area contributed by atoms with Crippen LogP contribution in [0.1, 0.15) is 26.3 Å².